The monoisotopic (exact) mass is 509 g/mol. The summed E-state index contributed by atoms with van der Waals surface area (Å²) < 4.78 is 1.37. The van der Waals surface area contributed by atoms with Crippen molar-refractivity contribution in [2.75, 3.05) is 31.1 Å². The summed E-state index contributed by atoms with van der Waals surface area (Å²) in [7, 11) is 0. The number of anilines is 1. The van der Waals surface area contributed by atoms with Gasteiger partial charge in [-0.05, 0) is 64.2 Å². The van der Waals surface area contributed by atoms with Crippen LogP contribution in [0.1, 0.15) is 54.8 Å². The van der Waals surface area contributed by atoms with Gasteiger partial charge in [0.1, 0.15) is 11.4 Å². The van der Waals surface area contributed by atoms with E-state index in [0.29, 0.717) is 27.2 Å². The average Bonchev–Trinajstić information content (AvgIpc) is 3.23. The molecule has 36 heavy (non-hydrogen) atoms. The summed E-state index contributed by atoms with van der Waals surface area (Å²) in [5.41, 5.74) is 1.52. The lowest BCUT2D eigenvalue weighted by atomic mass is 10.0. The number of rotatable bonds is 9. The Morgan fingerprint density at radius 1 is 1.22 bits per heavy atom. The molecule has 192 valence electrons. The van der Waals surface area contributed by atoms with Gasteiger partial charge in [-0.3, -0.25) is 19.0 Å². The quantitative estimate of drug-likeness (QED) is 0.443. The van der Waals surface area contributed by atoms with Gasteiger partial charge in [-0.25, -0.2) is 4.98 Å². The number of benzene rings is 1. The Morgan fingerprint density at radius 2 is 2.00 bits per heavy atom. The van der Waals surface area contributed by atoms with E-state index < -0.39 is 0 Å². The van der Waals surface area contributed by atoms with Gasteiger partial charge in [-0.15, -0.1) is 11.3 Å². The first-order valence-electron chi connectivity index (χ1n) is 12.8. The lowest BCUT2D eigenvalue weighted by molar-refractivity contribution is -0.135. The summed E-state index contributed by atoms with van der Waals surface area (Å²) in [6.07, 6.45) is 5.34. The molecule has 3 heterocycles. The van der Waals surface area contributed by atoms with Crippen molar-refractivity contribution >= 4 is 39.1 Å². The molecule has 1 fully saturated rings. The molecule has 2 amide bonds. The molecule has 1 aliphatic heterocycles. The van der Waals surface area contributed by atoms with Crippen LogP contribution in [-0.2, 0) is 11.3 Å². The van der Waals surface area contributed by atoms with Crippen molar-refractivity contribution in [3.8, 4) is 0 Å². The molecule has 3 aromatic rings. The maximum atomic E-state index is 13.2. The number of piperidine rings is 1. The normalized spacial score (nSPS) is 15.8. The topological polar surface area (TPSA) is 87.5 Å². The van der Waals surface area contributed by atoms with Crippen molar-refractivity contribution in [3.63, 3.8) is 0 Å². The minimum absolute atomic E-state index is 0.0295. The van der Waals surface area contributed by atoms with Gasteiger partial charge >= 0.3 is 0 Å². The van der Waals surface area contributed by atoms with Gasteiger partial charge in [0.15, 0.2) is 0 Å². The molecule has 2 aromatic heterocycles. The zero-order valence-corrected chi connectivity index (χ0v) is 22.1. The highest BCUT2D eigenvalue weighted by atomic mass is 32.1. The molecule has 1 aromatic carbocycles. The fourth-order valence-electron chi connectivity index (χ4n) is 4.85. The van der Waals surface area contributed by atoms with Crippen LogP contribution in [0, 0.1) is 6.92 Å². The molecule has 1 saturated heterocycles. The maximum absolute atomic E-state index is 13.2. The molecule has 8 nitrogen and oxygen atoms in total. The third-order valence-electron chi connectivity index (χ3n) is 6.95. The number of likely N-dealkylation sites (tertiary alicyclic amines) is 1. The van der Waals surface area contributed by atoms with Crippen LogP contribution in [0.4, 0.5) is 5.69 Å². The van der Waals surface area contributed by atoms with Crippen molar-refractivity contribution in [3.05, 3.63) is 57.5 Å². The van der Waals surface area contributed by atoms with E-state index in [2.05, 4.69) is 41.2 Å². The number of thiophene rings is 1. The zero-order valence-electron chi connectivity index (χ0n) is 21.3. The summed E-state index contributed by atoms with van der Waals surface area (Å²) in [5, 5.41) is 3.42. The smallest absolute Gasteiger partial charge is 0.262 e. The highest BCUT2D eigenvalue weighted by Gasteiger charge is 2.25. The number of amides is 2. The summed E-state index contributed by atoms with van der Waals surface area (Å²) >= 11 is 1.23. The number of carbonyl (C=O) groups excluding carboxylic acids is 2. The third-order valence-corrected chi connectivity index (χ3v) is 8.14. The Morgan fingerprint density at radius 3 is 2.72 bits per heavy atom. The molecule has 1 aliphatic rings. The first-order valence-corrected chi connectivity index (χ1v) is 13.6. The van der Waals surface area contributed by atoms with Crippen molar-refractivity contribution in [2.24, 2.45) is 0 Å². The molecule has 4 rings (SSSR count). The van der Waals surface area contributed by atoms with Gasteiger partial charge in [0.25, 0.3) is 11.5 Å². The van der Waals surface area contributed by atoms with Gasteiger partial charge in [0.05, 0.1) is 16.6 Å². The summed E-state index contributed by atoms with van der Waals surface area (Å²) in [4.78, 5) is 48.5. The highest BCUT2D eigenvalue weighted by Crippen LogP contribution is 2.27. The summed E-state index contributed by atoms with van der Waals surface area (Å²) in [6.45, 7) is 8.92. The number of hydrogen-bond donors (Lipinski definition) is 1. The fourth-order valence-corrected chi connectivity index (χ4v) is 5.91. The summed E-state index contributed by atoms with van der Waals surface area (Å²) in [6, 6.07) is 10.4. The van der Waals surface area contributed by atoms with Crippen molar-refractivity contribution in [2.45, 2.75) is 59.0 Å². The molecule has 0 aliphatic carbocycles. The molecule has 0 unspecified atom stereocenters. The van der Waals surface area contributed by atoms with E-state index >= 15 is 0 Å². The van der Waals surface area contributed by atoms with E-state index in [0.717, 1.165) is 45.3 Å². The lowest BCUT2D eigenvalue weighted by Crippen LogP contribution is -2.44. The average molecular weight is 510 g/mol. The van der Waals surface area contributed by atoms with Crippen LogP contribution in [0.2, 0.25) is 0 Å². The number of carbonyl (C=O) groups is 2. The molecule has 1 atom stereocenters. The Hall–Kier alpha value is -3.20. The molecule has 0 saturated carbocycles. The van der Waals surface area contributed by atoms with Gasteiger partial charge < -0.3 is 15.1 Å². The number of fused-ring (bicyclic) bond motifs is 1. The Labute approximate surface area is 215 Å². The van der Waals surface area contributed by atoms with E-state index in [4.69, 9.17) is 0 Å². The van der Waals surface area contributed by atoms with E-state index in [1.165, 1.54) is 27.9 Å². The highest BCUT2D eigenvalue weighted by molar-refractivity contribution is 7.20. The first kappa shape index (κ1) is 25.9. The number of nitrogens with zero attached hydrogens (tertiary/aromatic N) is 4. The van der Waals surface area contributed by atoms with Gasteiger partial charge in [-0.1, -0.05) is 18.2 Å². The second kappa shape index (κ2) is 11.7. The van der Waals surface area contributed by atoms with Gasteiger partial charge in [-0.2, -0.15) is 0 Å². The van der Waals surface area contributed by atoms with Crippen LogP contribution < -0.4 is 15.8 Å². The predicted octanol–water partition coefficient (Wildman–Crippen LogP) is 3.81. The third kappa shape index (κ3) is 5.61. The minimum Gasteiger partial charge on any atom is -0.372 e. The molecular weight excluding hydrogens is 474 g/mol. The second-order valence-corrected chi connectivity index (χ2v) is 10.4. The molecule has 0 radical (unpaired) electrons. The maximum Gasteiger partial charge on any atom is 0.262 e. The molecule has 0 bridgehead atoms. The van der Waals surface area contributed by atoms with E-state index in [1.807, 2.05) is 23.1 Å². The lowest BCUT2D eigenvalue weighted by Gasteiger charge is -2.33. The predicted molar refractivity (Wildman–Crippen MR) is 145 cm³/mol. The van der Waals surface area contributed by atoms with Crippen molar-refractivity contribution in [1.29, 1.82) is 0 Å². The minimum atomic E-state index is -0.271. The largest absolute Gasteiger partial charge is 0.372 e. The van der Waals surface area contributed by atoms with Crippen LogP contribution in [0.15, 0.2) is 41.5 Å². The van der Waals surface area contributed by atoms with Crippen molar-refractivity contribution in [1.82, 2.24) is 19.8 Å². The number of aromatic nitrogens is 2. The SMILES string of the molecule is CCN(CCCNC(=O)c1sc2ncn(CC(=O)N3CCCC[C@@H]3C)c(=O)c2c1C)c1ccccc1. The number of para-hydroxylation sites is 1. The first-order chi connectivity index (χ1) is 17.4. The Kier molecular flexibility index (Phi) is 8.40. The fraction of sp³-hybridized carbons (Fsp3) is 0.481. The molecule has 9 heteroatoms. The van der Waals surface area contributed by atoms with E-state index in [9.17, 15) is 14.4 Å². The zero-order chi connectivity index (χ0) is 25.7. The van der Waals surface area contributed by atoms with Crippen molar-refractivity contribution < 1.29 is 9.59 Å². The number of aryl methyl sites for hydroxylation is 1. The molecule has 0 spiro atoms. The number of hydrogen-bond acceptors (Lipinski definition) is 6. The second-order valence-electron chi connectivity index (χ2n) is 9.37. The van der Waals surface area contributed by atoms with Crippen LogP contribution in [0.5, 0.6) is 0 Å². The van der Waals surface area contributed by atoms with Crippen LogP contribution in [0.25, 0.3) is 10.2 Å². The Balaban J connectivity index is 1.40. The van der Waals surface area contributed by atoms with Crippen LogP contribution >= 0.6 is 11.3 Å². The standard InChI is InChI=1S/C27H35N5O3S/c1-4-30(21-12-6-5-7-13-21)15-10-14-28-25(34)24-20(3)23-26(36-24)29-18-31(27(23)35)17-22(33)32-16-9-8-11-19(32)2/h5-7,12-13,18-19H,4,8-11,14-17H2,1-3H3,(H,28,34)/t19-/m0/s1. The Bertz CT molecular complexity index is 1270. The molecule has 1 N–H and O–H groups in total. The van der Waals surface area contributed by atoms with Gasteiger partial charge in [0, 0.05) is 37.9 Å². The van der Waals surface area contributed by atoms with Gasteiger partial charge in [0.2, 0.25) is 5.91 Å². The van der Waals surface area contributed by atoms with Crippen LogP contribution in [-0.4, -0.2) is 58.5 Å². The number of nitrogens with one attached hydrogen (secondary N) is 1. The van der Waals surface area contributed by atoms with E-state index in [-0.39, 0.29) is 30.0 Å². The summed E-state index contributed by atoms with van der Waals surface area (Å²) in [5.74, 6) is -0.254. The molecular formula is C27H35N5O3S. The van der Waals surface area contributed by atoms with Crippen LogP contribution in [0.3, 0.4) is 0 Å². The van der Waals surface area contributed by atoms with E-state index in [1.54, 1.807) is 6.92 Å².